The highest BCUT2D eigenvalue weighted by atomic mass is 28.4. The van der Waals surface area contributed by atoms with Crippen LogP contribution in [0.5, 0.6) is 0 Å². The summed E-state index contributed by atoms with van der Waals surface area (Å²) in [6.07, 6.45) is 1.31. The van der Waals surface area contributed by atoms with Crippen LogP contribution in [0.4, 0.5) is 0 Å². The lowest BCUT2D eigenvalue weighted by molar-refractivity contribution is -0.129. The first-order valence-corrected chi connectivity index (χ1v) is 7.71. The van der Waals surface area contributed by atoms with E-state index in [1.54, 1.807) is 21.3 Å². The van der Waals surface area contributed by atoms with Crippen molar-refractivity contribution >= 4 is 25.3 Å². The molecule has 0 bridgehead atoms. The summed E-state index contributed by atoms with van der Waals surface area (Å²) in [5, 5.41) is 0. The molecule has 16 heavy (non-hydrogen) atoms. The fourth-order valence-electron chi connectivity index (χ4n) is 1.32. The molecule has 94 valence electrons. The summed E-state index contributed by atoms with van der Waals surface area (Å²) >= 11 is 0. The first-order valence-electron chi connectivity index (χ1n) is 4.96. The normalized spacial score (nSPS) is 11.4. The fourth-order valence-corrected chi connectivity index (χ4v) is 3.33. The molecular formula is C9H20O5Si2. The summed E-state index contributed by atoms with van der Waals surface area (Å²) in [5.74, 6) is -0.314. The van der Waals surface area contributed by atoms with E-state index >= 15 is 0 Å². The van der Waals surface area contributed by atoms with Crippen molar-refractivity contribution < 1.29 is 22.5 Å². The molecule has 0 N–H and O–H groups in total. The molecular weight excluding hydrogens is 244 g/mol. The van der Waals surface area contributed by atoms with Crippen LogP contribution in [0.3, 0.4) is 0 Å². The second-order valence-corrected chi connectivity index (χ2v) is 6.74. The van der Waals surface area contributed by atoms with E-state index in [9.17, 15) is 4.79 Å². The SMILES string of the molecule is C=C(CCC[Si](OC)(OC)OC)C(=O)O[SiH3]. The lowest BCUT2D eigenvalue weighted by Crippen LogP contribution is -2.42. The van der Waals surface area contributed by atoms with Crippen molar-refractivity contribution in [2.75, 3.05) is 21.3 Å². The summed E-state index contributed by atoms with van der Waals surface area (Å²) in [4.78, 5) is 11.1. The minimum Gasteiger partial charge on any atom is -0.526 e. The second kappa shape index (κ2) is 7.74. The summed E-state index contributed by atoms with van der Waals surface area (Å²) in [7, 11) is 2.59. The molecule has 0 aromatic heterocycles. The molecule has 5 nitrogen and oxygen atoms in total. The molecule has 0 atom stereocenters. The molecule has 7 heteroatoms. The van der Waals surface area contributed by atoms with Crippen LogP contribution in [0, 0.1) is 0 Å². The number of hydrogen-bond donors (Lipinski definition) is 0. The van der Waals surface area contributed by atoms with E-state index in [-0.39, 0.29) is 5.97 Å². The molecule has 0 spiro atoms. The van der Waals surface area contributed by atoms with Gasteiger partial charge in [-0.3, -0.25) is 0 Å². The van der Waals surface area contributed by atoms with Gasteiger partial charge in [-0.2, -0.15) is 0 Å². The topological polar surface area (TPSA) is 54.0 Å². The molecule has 0 amide bonds. The van der Waals surface area contributed by atoms with Crippen molar-refractivity contribution in [3.05, 3.63) is 12.2 Å². The third-order valence-electron chi connectivity index (χ3n) is 2.37. The average molecular weight is 264 g/mol. The van der Waals surface area contributed by atoms with E-state index in [4.69, 9.17) is 17.7 Å². The molecule has 0 aliphatic carbocycles. The summed E-state index contributed by atoms with van der Waals surface area (Å²) < 4.78 is 20.5. The molecule has 0 aromatic rings. The van der Waals surface area contributed by atoms with Crippen molar-refractivity contribution in [2.45, 2.75) is 18.9 Å². The Kier molecular flexibility index (Phi) is 7.51. The predicted octanol–water partition coefficient (Wildman–Crippen LogP) is 0.0245. The van der Waals surface area contributed by atoms with Crippen LogP contribution in [-0.4, -0.2) is 46.6 Å². The average Bonchev–Trinajstić information content (AvgIpc) is 2.34. The second-order valence-electron chi connectivity index (χ2n) is 3.24. The van der Waals surface area contributed by atoms with Gasteiger partial charge in [0.15, 0.2) is 0 Å². The Morgan fingerprint density at radius 2 is 1.75 bits per heavy atom. The maximum Gasteiger partial charge on any atom is 0.500 e. The number of rotatable bonds is 8. The predicted molar refractivity (Wildman–Crippen MR) is 66.0 cm³/mol. The molecule has 0 radical (unpaired) electrons. The molecule has 0 fully saturated rings. The maximum atomic E-state index is 11.1. The maximum absolute atomic E-state index is 11.1. The van der Waals surface area contributed by atoms with E-state index < -0.39 is 8.80 Å². The van der Waals surface area contributed by atoms with E-state index in [2.05, 4.69) is 6.58 Å². The smallest absolute Gasteiger partial charge is 0.500 e. The third-order valence-corrected chi connectivity index (χ3v) is 5.57. The lowest BCUT2D eigenvalue weighted by Gasteiger charge is -2.24. The third kappa shape index (κ3) is 4.58. The van der Waals surface area contributed by atoms with Gasteiger partial charge in [0.2, 0.25) is 10.5 Å². The van der Waals surface area contributed by atoms with Gasteiger partial charge in [-0.05, 0) is 12.8 Å². The van der Waals surface area contributed by atoms with Crippen molar-refractivity contribution in [3.8, 4) is 0 Å². The molecule has 0 rings (SSSR count). The molecule has 0 unspecified atom stereocenters. The van der Waals surface area contributed by atoms with E-state index in [0.717, 1.165) is 6.42 Å². The number of carbonyl (C=O) groups excluding carboxylic acids is 1. The van der Waals surface area contributed by atoms with Gasteiger partial charge in [0.25, 0.3) is 0 Å². The molecule has 0 aliphatic heterocycles. The number of hydrogen-bond acceptors (Lipinski definition) is 5. The van der Waals surface area contributed by atoms with Crippen LogP contribution in [0.1, 0.15) is 12.8 Å². The Labute approximate surface area is 101 Å². The van der Waals surface area contributed by atoms with Gasteiger partial charge in [-0.1, -0.05) is 6.58 Å². The Hall–Kier alpha value is -0.476. The highest BCUT2D eigenvalue weighted by Crippen LogP contribution is 2.18. The van der Waals surface area contributed by atoms with Crippen LogP contribution >= 0.6 is 0 Å². The molecule has 0 saturated carbocycles. The Morgan fingerprint density at radius 3 is 2.12 bits per heavy atom. The van der Waals surface area contributed by atoms with Crippen molar-refractivity contribution in [1.29, 1.82) is 0 Å². The van der Waals surface area contributed by atoms with Crippen molar-refractivity contribution in [2.24, 2.45) is 0 Å². The first kappa shape index (κ1) is 15.5. The summed E-state index contributed by atoms with van der Waals surface area (Å²) in [6.45, 7) is 3.66. The number of carbonyl (C=O) groups is 1. The molecule has 0 saturated heterocycles. The fraction of sp³-hybridized carbons (Fsp3) is 0.667. The van der Waals surface area contributed by atoms with Gasteiger partial charge >= 0.3 is 14.8 Å². The summed E-state index contributed by atoms with van der Waals surface area (Å²) in [5.41, 5.74) is 0.487. The van der Waals surface area contributed by atoms with Gasteiger partial charge in [0.1, 0.15) is 0 Å². The Balaban J connectivity index is 4.05. The zero-order valence-corrected chi connectivity index (χ0v) is 13.4. The van der Waals surface area contributed by atoms with Crippen LogP contribution in [0.2, 0.25) is 6.04 Å². The van der Waals surface area contributed by atoms with Gasteiger partial charge in [0, 0.05) is 32.9 Å². The highest BCUT2D eigenvalue weighted by molar-refractivity contribution is 6.60. The van der Waals surface area contributed by atoms with Gasteiger partial charge in [-0.15, -0.1) is 0 Å². The van der Waals surface area contributed by atoms with Crippen LogP contribution < -0.4 is 0 Å². The van der Waals surface area contributed by atoms with E-state index in [1.807, 2.05) is 0 Å². The monoisotopic (exact) mass is 264 g/mol. The largest absolute Gasteiger partial charge is 0.526 e. The Morgan fingerprint density at radius 1 is 1.25 bits per heavy atom. The van der Waals surface area contributed by atoms with Gasteiger partial charge in [-0.25, -0.2) is 4.79 Å². The van der Waals surface area contributed by atoms with Crippen molar-refractivity contribution in [1.82, 2.24) is 0 Å². The van der Waals surface area contributed by atoms with Gasteiger partial charge in [0.05, 0.1) is 0 Å². The molecule has 0 aliphatic rings. The van der Waals surface area contributed by atoms with Crippen molar-refractivity contribution in [3.63, 3.8) is 0 Å². The molecule has 0 aromatic carbocycles. The zero-order valence-electron chi connectivity index (χ0n) is 10.4. The molecule has 0 heterocycles. The van der Waals surface area contributed by atoms with E-state index in [1.165, 1.54) is 0 Å². The summed E-state index contributed by atoms with van der Waals surface area (Å²) in [6, 6.07) is 0.657. The lowest BCUT2D eigenvalue weighted by atomic mass is 10.2. The minimum atomic E-state index is -2.51. The van der Waals surface area contributed by atoms with Crippen LogP contribution in [0.25, 0.3) is 0 Å². The first-order chi connectivity index (χ1) is 7.55. The Bertz CT molecular complexity index is 232. The highest BCUT2D eigenvalue weighted by Gasteiger charge is 2.36. The quantitative estimate of drug-likeness (QED) is 0.457. The standard InChI is InChI=1S/C9H20O5Si2/c1-8(9(10)14-15)6-5-7-16(11-2,12-3)13-4/h1,5-7H2,2-4,15H3. The minimum absolute atomic E-state index is 0.314. The van der Waals surface area contributed by atoms with E-state index in [0.29, 0.717) is 28.5 Å². The van der Waals surface area contributed by atoms with Crippen LogP contribution in [0.15, 0.2) is 12.2 Å². The van der Waals surface area contributed by atoms with Gasteiger partial charge < -0.3 is 17.7 Å². The van der Waals surface area contributed by atoms with Crippen LogP contribution in [-0.2, 0) is 22.5 Å². The zero-order chi connectivity index (χ0) is 12.6.